The lowest BCUT2D eigenvalue weighted by atomic mass is 9.89. The first-order valence-electron chi connectivity index (χ1n) is 8.54. The predicted molar refractivity (Wildman–Crippen MR) is 94.9 cm³/mol. The largest absolute Gasteiger partial charge is 0.346 e. The fourth-order valence-electron chi connectivity index (χ4n) is 3.36. The lowest BCUT2D eigenvalue weighted by Crippen LogP contribution is -2.27. The van der Waals surface area contributed by atoms with Crippen molar-refractivity contribution >= 4 is 5.91 Å². The van der Waals surface area contributed by atoms with Crippen LogP contribution in [0.25, 0.3) is 0 Å². The van der Waals surface area contributed by atoms with Crippen molar-refractivity contribution in [3.05, 3.63) is 69.8 Å². The number of carbonyl (C=O) groups excluding carboxylic acids is 1. The summed E-state index contributed by atoms with van der Waals surface area (Å²) >= 11 is 0. The summed E-state index contributed by atoms with van der Waals surface area (Å²) in [6.45, 7) is 6.06. The van der Waals surface area contributed by atoms with Gasteiger partial charge in [0.25, 0.3) is 5.91 Å². The normalized spacial score (nSPS) is 14.9. The van der Waals surface area contributed by atoms with E-state index in [4.69, 9.17) is 0 Å². The maximum Gasteiger partial charge on any atom is 0.252 e. The van der Waals surface area contributed by atoms with E-state index < -0.39 is 0 Å². The predicted octanol–water partition coefficient (Wildman–Crippen LogP) is 4.67. The molecular formula is C21H25NO. The molecule has 2 heteroatoms. The molecule has 0 aliphatic heterocycles. The third-order valence-electron chi connectivity index (χ3n) is 4.86. The van der Waals surface area contributed by atoms with Crippen LogP contribution in [0.15, 0.2) is 36.4 Å². The third-order valence-corrected chi connectivity index (χ3v) is 4.86. The Bertz CT molecular complexity index is 733. The van der Waals surface area contributed by atoms with Crippen molar-refractivity contribution in [2.24, 2.45) is 0 Å². The molecule has 2 nitrogen and oxygen atoms in total. The second-order valence-corrected chi connectivity index (χ2v) is 6.75. The smallest absolute Gasteiger partial charge is 0.252 e. The molecule has 23 heavy (non-hydrogen) atoms. The van der Waals surface area contributed by atoms with Crippen LogP contribution in [0.3, 0.4) is 0 Å². The van der Waals surface area contributed by atoms with Crippen LogP contribution in [-0.2, 0) is 12.8 Å². The van der Waals surface area contributed by atoms with Crippen molar-refractivity contribution < 1.29 is 4.79 Å². The van der Waals surface area contributed by atoms with Gasteiger partial charge in [-0.2, -0.15) is 0 Å². The van der Waals surface area contributed by atoms with Gasteiger partial charge in [0.15, 0.2) is 0 Å². The van der Waals surface area contributed by atoms with Crippen molar-refractivity contribution in [2.75, 3.05) is 0 Å². The number of hydrogen-bond donors (Lipinski definition) is 1. The van der Waals surface area contributed by atoms with Gasteiger partial charge in [-0.3, -0.25) is 4.79 Å². The molecule has 0 saturated carbocycles. The molecular weight excluding hydrogens is 282 g/mol. The van der Waals surface area contributed by atoms with Gasteiger partial charge in [-0.15, -0.1) is 0 Å². The molecule has 120 valence electrons. The second kappa shape index (κ2) is 6.57. The zero-order valence-electron chi connectivity index (χ0n) is 14.3. The molecule has 0 unspecified atom stereocenters. The highest BCUT2D eigenvalue weighted by atomic mass is 16.1. The Kier molecular flexibility index (Phi) is 4.51. The Balaban J connectivity index is 1.77. The van der Waals surface area contributed by atoms with E-state index >= 15 is 0 Å². The number of aryl methyl sites for hydroxylation is 4. The fraction of sp³-hybridized carbons (Fsp3) is 0.381. The average Bonchev–Trinajstić information content (AvgIpc) is 2.56. The van der Waals surface area contributed by atoms with E-state index in [1.165, 1.54) is 42.4 Å². The number of fused-ring (bicyclic) bond motifs is 1. The van der Waals surface area contributed by atoms with Crippen molar-refractivity contribution in [3.63, 3.8) is 0 Å². The van der Waals surface area contributed by atoms with E-state index in [0.717, 1.165) is 16.7 Å². The molecule has 0 bridgehead atoms. The highest BCUT2D eigenvalue weighted by molar-refractivity contribution is 5.96. The Morgan fingerprint density at radius 1 is 1.00 bits per heavy atom. The van der Waals surface area contributed by atoms with Gasteiger partial charge in [0.2, 0.25) is 0 Å². The maximum absolute atomic E-state index is 12.6. The van der Waals surface area contributed by atoms with Crippen LogP contribution in [0.4, 0.5) is 0 Å². The summed E-state index contributed by atoms with van der Waals surface area (Å²) in [7, 11) is 0. The van der Waals surface area contributed by atoms with Gasteiger partial charge in [-0.1, -0.05) is 35.9 Å². The molecule has 0 heterocycles. The molecule has 1 atom stereocenters. The van der Waals surface area contributed by atoms with Gasteiger partial charge in [0, 0.05) is 5.56 Å². The molecule has 1 aliphatic carbocycles. The molecule has 0 spiro atoms. The summed E-state index contributed by atoms with van der Waals surface area (Å²) in [4.78, 5) is 12.6. The zero-order chi connectivity index (χ0) is 16.4. The van der Waals surface area contributed by atoms with Gasteiger partial charge < -0.3 is 5.32 Å². The Morgan fingerprint density at radius 2 is 1.74 bits per heavy atom. The molecule has 2 aromatic rings. The van der Waals surface area contributed by atoms with Gasteiger partial charge in [-0.05, 0) is 74.8 Å². The van der Waals surface area contributed by atoms with E-state index in [1.54, 1.807) is 0 Å². The molecule has 1 aliphatic rings. The van der Waals surface area contributed by atoms with Crippen LogP contribution in [0.2, 0.25) is 0 Å². The molecule has 3 rings (SSSR count). The van der Waals surface area contributed by atoms with Crippen LogP contribution in [0.1, 0.15) is 64.0 Å². The molecule has 1 amide bonds. The van der Waals surface area contributed by atoms with E-state index in [1.807, 2.05) is 32.0 Å². The summed E-state index contributed by atoms with van der Waals surface area (Å²) in [5.41, 5.74) is 7.04. The number of amides is 1. The number of nitrogens with one attached hydrogen (secondary N) is 1. The lowest BCUT2D eigenvalue weighted by molar-refractivity contribution is 0.0939. The first-order valence-corrected chi connectivity index (χ1v) is 8.54. The van der Waals surface area contributed by atoms with Gasteiger partial charge in [0.05, 0.1) is 6.04 Å². The summed E-state index contributed by atoms with van der Waals surface area (Å²) in [6.07, 6.45) is 4.94. The average molecular weight is 307 g/mol. The highest BCUT2D eigenvalue weighted by Gasteiger charge is 2.16. The number of hydrogen-bond acceptors (Lipinski definition) is 1. The molecule has 0 saturated heterocycles. The van der Waals surface area contributed by atoms with Crippen LogP contribution >= 0.6 is 0 Å². The monoisotopic (exact) mass is 307 g/mol. The Labute approximate surface area is 138 Å². The van der Waals surface area contributed by atoms with E-state index in [0.29, 0.717) is 0 Å². The van der Waals surface area contributed by atoms with Gasteiger partial charge in [-0.25, -0.2) is 0 Å². The lowest BCUT2D eigenvalue weighted by Gasteiger charge is -2.20. The summed E-state index contributed by atoms with van der Waals surface area (Å²) in [5, 5.41) is 3.15. The first kappa shape index (κ1) is 15.8. The molecule has 1 N–H and O–H groups in total. The Hall–Kier alpha value is -2.09. The van der Waals surface area contributed by atoms with Crippen molar-refractivity contribution in [1.82, 2.24) is 5.32 Å². The SMILES string of the molecule is Cc1ccc(C)c(C(=O)N[C@@H](C)c2ccc3c(c2)CCCC3)c1. The standard InChI is InChI=1S/C21H25NO/c1-14-8-9-15(2)20(12-14)21(23)22-16(3)18-11-10-17-6-4-5-7-19(17)13-18/h8-13,16H,4-7H2,1-3H3,(H,22,23)/t16-/m0/s1. The van der Waals surface area contributed by atoms with E-state index in [-0.39, 0.29) is 11.9 Å². The van der Waals surface area contributed by atoms with Crippen molar-refractivity contribution in [1.29, 1.82) is 0 Å². The summed E-state index contributed by atoms with van der Waals surface area (Å²) in [5.74, 6) is 0.0106. The molecule has 0 fully saturated rings. The molecule has 0 radical (unpaired) electrons. The number of carbonyl (C=O) groups is 1. The van der Waals surface area contributed by atoms with Gasteiger partial charge in [0.1, 0.15) is 0 Å². The Morgan fingerprint density at radius 3 is 2.52 bits per heavy atom. The van der Waals surface area contributed by atoms with Crippen molar-refractivity contribution in [3.8, 4) is 0 Å². The minimum Gasteiger partial charge on any atom is -0.346 e. The minimum absolute atomic E-state index is 0.0106. The van der Waals surface area contributed by atoms with Crippen molar-refractivity contribution in [2.45, 2.75) is 52.5 Å². The fourth-order valence-corrected chi connectivity index (χ4v) is 3.36. The minimum atomic E-state index is 0.0106. The zero-order valence-corrected chi connectivity index (χ0v) is 14.3. The third kappa shape index (κ3) is 3.47. The summed E-state index contributed by atoms with van der Waals surface area (Å²) in [6, 6.07) is 12.7. The van der Waals surface area contributed by atoms with E-state index in [2.05, 4.69) is 30.4 Å². The number of benzene rings is 2. The molecule has 0 aromatic heterocycles. The van der Waals surface area contributed by atoms with Crippen LogP contribution in [0, 0.1) is 13.8 Å². The quantitative estimate of drug-likeness (QED) is 0.877. The highest BCUT2D eigenvalue weighted by Crippen LogP contribution is 2.25. The van der Waals surface area contributed by atoms with Crippen LogP contribution < -0.4 is 5.32 Å². The van der Waals surface area contributed by atoms with E-state index in [9.17, 15) is 4.79 Å². The van der Waals surface area contributed by atoms with Crippen LogP contribution in [-0.4, -0.2) is 5.91 Å². The number of rotatable bonds is 3. The van der Waals surface area contributed by atoms with Crippen LogP contribution in [0.5, 0.6) is 0 Å². The maximum atomic E-state index is 12.6. The first-order chi connectivity index (χ1) is 11.0. The van der Waals surface area contributed by atoms with Gasteiger partial charge >= 0.3 is 0 Å². The topological polar surface area (TPSA) is 29.1 Å². The second-order valence-electron chi connectivity index (χ2n) is 6.75. The summed E-state index contributed by atoms with van der Waals surface area (Å²) < 4.78 is 0. The molecule has 2 aromatic carbocycles.